The summed E-state index contributed by atoms with van der Waals surface area (Å²) in [7, 11) is 3.89. The molecule has 1 heterocycles. The monoisotopic (exact) mass is 357 g/mol. The van der Waals surface area contributed by atoms with Gasteiger partial charge in [-0.05, 0) is 51.3 Å². The van der Waals surface area contributed by atoms with E-state index in [0.717, 1.165) is 25.1 Å². The first-order valence-electron chi connectivity index (χ1n) is 8.08. The highest BCUT2D eigenvalue weighted by Gasteiger charge is 2.35. The van der Waals surface area contributed by atoms with Gasteiger partial charge in [0.15, 0.2) is 0 Å². The highest BCUT2D eigenvalue weighted by Crippen LogP contribution is 2.32. The zero-order chi connectivity index (χ0) is 18.6. The van der Waals surface area contributed by atoms with Gasteiger partial charge in [0.05, 0.1) is 11.5 Å². The third kappa shape index (κ3) is 5.19. The molecule has 0 radical (unpaired) electrons. The van der Waals surface area contributed by atoms with Gasteiger partial charge in [-0.3, -0.25) is 9.59 Å². The van der Waals surface area contributed by atoms with Gasteiger partial charge in [0, 0.05) is 25.2 Å². The lowest BCUT2D eigenvalue weighted by Crippen LogP contribution is -2.34. The van der Waals surface area contributed by atoms with Gasteiger partial charge in [-0.15, -0.1) is 0 Å². The van der Waals surface area contributed by atoms with Crippen LogP contribution < -0.4 is 10.2 Å². The second kappa shape index (κ2) is 7.86. The van der Waals surface area contributed by atoms with E-state index in [1.54, 1.807) is 0 Å². The average molecular weight is 357 g/mol. The summed E-state index contributed by atoms with van der Waals surface area (Å²) in [5.41, 5.74) is -0.390. The molecule has 0 bridgehead atoms. The largest absolute Gasteiger partial charge is 0.416 e. The number of nitrogens with one attached hydrogen (secondary N) is 1. The van der Waals surface area contributed by atoms with E-state index in [-0.39, 0.29) is 24.8 Å². The van der Waals surface area contributed by atoms with Crippen molar-refractivity contribution < 1.29 is 22.8 Å². The van der Waals surface area contributed by atoms with E-state index in [1.807, 2.05) is 19.0 Å². The van der Waals surface area contributed by atoms with E-state index in [9.17, 15) is 22.8 Å². The predicted molar refractivity (Wildman–Crippen MR) is 88.1 cm³/mol. The lowest BCUT2D eigenvalue weighted by atomic mass is 10.1. The number of hydrogen-bond acceptors (Lipinski definition) is 3. The average Bonchev–Trinajstić information content (AvgIpc) is 2.92. The lowest BCUT2D eigenvalue weighted by Gasteiger charge is -2.17. The van der Waals surface area contributed by atoms with Crippen LogP contribution in [-0.4, -0.2) is 50.4 Å². The summed E-state index contributed by atoms with van der Waals surface area (Å²) in [6, 6.07) is 4.41. The molecule has 5 nitrogen and oxygen atoms in total. The molecule has 2 rings (SSSR count). The minimum atomic E-state index is -4.41. The topological polar surface area (TPSA) is 52.7 Å². The zero-order valence-electron chi connectivity index (χ0n) is 14.3. The fourth-order valence-electron chi connectivity index (χ4n) is 2.71. The molecule has 1 atom stereocenters. The van der Waals surface area contributed by atoms with Crippen LogP contribution in [0.1, 0.15) is 18.4 Å². The van der Waals surface area contributed by atoms with E-state index in [0.29, 0.717) is 12.2 Å². The van der Waals surface area contributed by atoms with E-state index < -0.39 is 17.7 Å². The van der Waals surface area contributed by atoms with Gasteiger partial charge in [-0.25, -0.2) is 0 Å². The molecule has 8 heteroatoms. The summed E-state index contributed by atoms with van der Waals surface area (Å²) in [5, 5.41) is 2.81. The summed E-state index contributed by atoms with van der Waals surface area (Å²) in [5.74, 6) is -0.927. The van der Waals surface area contributed by atoms with Crippen molar-refractivity contribution in [1.82, 2.24) is 10.2 Å². The zero-order valence-corrected chi connectivity index (χ0v) is 14.3. The summed E-state index contributed by atoms with van der Waals surface area (Å²) in [4.78, 5) is 27.6. The van der Waals surface area contributed by atoms with Crippen molar-refractivity contribution in [2.24, 2.45) is 5.92 Å². The smallest absolute Gasteiger partial charge is 0.356 e. The van der Waals surface area contributed by atoms with Gasteiger partial charge in [0.2, 0.25) is 11.8 Å². The van der Waals surface area contributed by atoms with Crippen molar-refractivity contribution in [2.45, 2.75) is 19.0 Å². The van der Waals surface area contributed by atoms with Gasteiger partial charge in [-0.2, -0.15) is 13.2 Å². The van der Waals surface area contributed by atoms with E-state index in [4.69, 9.17) is 0 Å². The van der Waals surface area contributed by atoms with Crippen LogP contribution in [0.2, 0.25) is 0 Å². The number of benzene rings is 1. The van der Waals surface area contributed by atoms with Crippen molar-refractivity contribution in [3.8, 4) is 0 Å². The van der Waals surface area contributed by atoms with Crippen LogP contribution in [0.4, 0.5) is 18.9 Å². The van der Waals surface area contributed by atoms with Gasteiger partial charge in [0.25, 0.3) is 0 Å². The first kappa shape index (κ1) is 19.2. The molecular formula is C17H22F3N3O2. The van der Waals surface area contributed by atoms with Crippen molar-refractivity contribution >= 4 is 17.5 Å². The second-order valence-electron chi connectivity index (χ2n) is 6.40. The standard InChI is InChI=1S/C17H22F3N3O2/c1-22(2)9-3-8-21-16(25)12-10-15(24)23(11-12)14-6-4-13(5-7-14)17(18,19)20/h4-7,12H,3,8-11H2,1-2H3,(H,21,25). The van der Waals surface area contributed by atoms with Crippen LogP contribution in [0.25, 0.3) is 0 Å². The van der Waals surface area contributed by atoms with Gasteiger partial charge >= 0.3 is 6.18 Å². The third-order valence-electron chi connectivity index (χ3n) is 4.08. The Balaban J connectivity index is 1.92. The molecule has 0 spiro atoms. The number of nitrogens with zero attached hydrogens (tertiary/aromatic N) is 2. The Morgan fingerprint density at radius 3 is 2.48 bits per heavy atom. The minimum absolute atomic E-state index is 0.0700. The molecule has 2 amide bonds. The number of anilines is 1. The Kier molecular flexibility index (Phi) is 6.05. The fourth-order valence-corrected chi connectivity index (χ4v) is 2.71. The minimum Gasteiger partial charge on any atom is -0.356 e. The maximum Gasteiger partial charge on any atom is 0.416 e. The number of hydrogen-bond donors (Lipinski definition) is 1. The summed E-state index contributed by atoms with van der Waals surface area (Å²) < 4.78 is 37.8. The van der Waals surface area contributed by atoms with Crippen LogP contribution in [0.5, 0.6) is 0 Å². The molecule has 1 aromatic rings. The Bertz CT molecular complexity index is 615. The highest BCUT2D eigenvalue weighted by atomic mass is 19.4. The number of rotatable bonds is 6. The predicted octanol–water partition coefficient (Wildman–Crippen LogP) is 2.13. The number of carbonyl (C=O) groups excluding carboxylic acids is 2. The van der Waals surface area contributed by atoms with Gasteiger partial charge < -0.3 is 15.1 Å². The second-order valence-corrected chi connectivity index (χ2v) is 6.40. The molecule has 25 heavy (non-hydrogen) atoms. The first-order chi connectivity index (χ1) is 11.7. The van der Waals surface area contributed by atoms with Crippen LogP contribution >= 0.6 is 0 Å². The molecule has 1 unspecified atom stereocenters. The Morgan fingerprint density at radius 2 is 1.92 bits per heavy atom. The molecule has 0 aliphatic carbocycles. The normalized spacial score (nSPS) is 18.1. The maximum absolute atomic E-state index is 12.6. The van der Waals surface area contributed by atoms with Crippen LogP contribution in [-0.2, 0) is 15.8 Å². The SMILES string of the molecule is CN(C)CCCNC(=O)C1CC(=O)N(c2ccc(C(F)(F)F)cc2)C1. The molecule has 1 fully saturated rings. The van der Waals surface area contributed by atoms with Gasteiger partial charge in [0.1, 0.15) is 0 Å². The molecule has 1 N–H and O–H groups in total. The molecule has 1 aromatic carbocycles. The Morgan fingerprint density at radius 1 is 1.28 bits per heavy atom. The van der Waals surface area contributed by atoms with E-state index >= 15 is 0 Å². The molecule has 0 aromatic heterocycles. The maximum atomic E-state index is 12.6. The highest BCUT2D eigenvalue weighted by molar-refractivity contribution is 6.00. The Labute approximate surface area is 144 Å². The number of halogens is 3. The summed E-state index contributed by atoms with van der Waals surface area (Å²) in [6.45, 7) is 1.56. The Hall–Kier alpha value is -2.09. The molecule has 1 aliphatic heterocycles. The molecular weight excluding hydrogens is 335 g/mol. The number of alkyl halides is 3. The summed E-state index contributed by atoms with van der Waals surface area (Å²) in [6.07, 6.45) is -3.54. The van der Waals surface area contributed by atoms with Crippen LogP contribution in [0.15, 0.2) is 24.3 Å². The fraction of sp³-hybridized carbons (Fsp3) is 0.529. The van der Waals surface area contributed by atoms with E-state index in [1.165, 1.54) is 17.0 Å². The van der Waals surface area contributed by atoms with Crippen LogP contribution in [0, 0.1) is 5.92 Å². The molecule has 138 valence electrons. The number of amides is 2. The van der Waals surface area contributed by atoms with Crippen LogP contribution in [0.3, 0.4) is 0 Å². The van der Waals surface area contributed by atoms with Crippen molar-refractivity contribution in [1.29, 1.82) is 0 Å². The first-order valence-corrected chi connectivity index (χ1v) is 8.08. The van der Waals surface area contributed by atoms with Crippen molar-refractivity contribution in [3.05, 3.63) is 29.8 Å². The van der Waals surface area contributed by atoms with Crippen molar-refractivity contribution in [2.75, 3.05) is 38.6 Å². The van der Waals surface area contributed by atoms with E-state index in [2.05, 4.69) is 5.32 Å². The lowest BCUT2D eigenvalue weighted by molar-refractivity contribution is -0.137. The van der Waals surface area contributed by atoms with Gasteiger partial charge in [-0.1, -0.05) is 0 Å². The molecule has 1 aliphatic rings. The van der Waals surface area contributed by atoms with Crippen molar-refractivity contribution in [3.63, 3.8) is 0 Å². The number of carbonyl (C=O) groups is 2. The third-order valence-corrected chi connectivity index (χ3v) is 4.08. The molecule has 0 saturated carbocycles. The quantitative estimate of drug-likeness (QED) is 0.794. The summed E-state index contributed by atoms with van der Waals surface area (Å²) >= 11 is 0. The molecule has 1 saturated heterocycles.